The SMILES string of the molecule is COC(=O)[C@]12CC[C@@H](C)[C@@](C)(O)[C@H]1C1=CC[C@@H]3[C@@]4(C)C[C@@H](O)[C@@H](O)[C@](CO)(C(=O)OC)[C@@H]4CC[C@@]3(C)[C@]1(C)CC2. The van der Waals surface area contributed by atoms with Crippen LogP contribution in [0.25, 0.3) is 0 Å². The highest BCUT2D eigenvalue weighted by atomic mass is 16.5. The van der Waals surface area contributed by atoms with Crippen molar-refractivity contribution in [2.24, 2.45) is 50.7 Å². The standard InChI is InChI=1S/C32H50O8/c1-18-10-13-31(25(36)39-6)15-14-28(3)19(23(31)30(18,5)38)8-9-21-27(2)16-20(34)24(35)32(17-33,26(37)40-7)22(27)11-12-29(21,28)4/h8,18,20-24,33-35,38H,9-17H2,1-7H3/t18-,20-,21-,22-,23-,24-,27-,28-,29-,30-,31+,32-/m1/s1. The molecule has 8 nitrogen and oxygen atoms in total. The second kappa shape index (κ2) is 9.26. The minimum absolute atomic E-state index is 0.0255. The molecule has 226 valence electrons. The first-order valence-corrected chi connectivity index (χ1v) is 15.1. The summed E-state index contributed by atoms with van der Waals surface area (Å²) in [5, 5.41) is 45.1. The van der Waals surface area contributed by atoms with Crippen molar-refractivity contribution in [3.63, 3.8) is 0 Å². The van der Waals surface area contributed by atoms with Crippen LogP contribution in [-0.2, 0) is 19.1 Å². The molecule has 4 saturated carbocycles. The van der Waals surface area contributed by atoms with Crippen molar-refractivity contribution in [1.29, 1.82) is 0 Å². The van der Waals surface area contributed by atoms with Crippen molar-refractivity contribution in [2.45, 2.75) is 104 Å². The first kappa shape index (κ1) is 30.0. The van der Waals surface area contributed by atoms with E-state index in [1.165, 1.54) is 14.2 Å². The molecule has 12 atom stereocenters. The van der Waals surface area contributed by atoms with Gasteiger partial charge in [0.05, 0.1) is 44.1 Å². The van der Waals surface area contributed by atoms with Gasteiger partial charge in [-0.05, 0) is 92.3 Å². The van der Waals surface area contributed by atoms with Gasteiger partial charge in [-0.2, -0.15) is 0 Å². The second-order valence-electron chi connectivity index (χ2n) is 14.9. The Balaban J connectivity index is 1.66. The fourth-order valence-electron chi connectivity index (χ4n) is 11.4. The van der Waals surface area contributed by atoms with Crippen molar-refractivity contribution in [1.82, 2.24) is 0 Å². The summed E-state index contributed by atoms with van der Waals surface area (Å²) < 4.78 is 10.5. The Morgan fingerprint density at radius 1 is 0.950 bits per heavy atom. The molecule has 40 heavy (non-hydrogen) atoms. The van der Waals surface area contributed by atoms with Gasteiger partial charge in [-0.15, -0.1) is 0 Å². The third-order valence-electron chi connectivity index (χ3n) is 13.9. The van der Waals surface area contributed by atoms with E-state index < -0.39 is 46.6 Å². The minimum atomic E-state index is -1.59. The van der Waals surface area contributed by atoms with E-state index >= 15 is 0 Å². The maximum atomic E-state index is 13.5. The summed E-state index contributed by atoms with van der Waals surface area (Å²) in [4.78, 5) is 26.7. The molecule has 0 aliphatic heterocycles. The smallest absolute Gasteiger partial charge is 0.317 e. The number of carbonyl (C=O) groups is 2. The Morgan fingerprint density at radius 3 is 2.20 bits per heavy atom. The van der Waals surface area contributed by atoms with Gasteiger partial charge in [-0.3, -0.25) is 9.59 Å². The van der Waals surface area contributed by atoms with Gasteiger partial charge in [0.2, 0.25) is 0 Å². The predicted molar refractivity (Wildman–Crippen MR) is 148 cm³/mol. The van der Waals surface area contributed by atoms with Crippen LogP contribution in [0, 0.1) is 50.7 Å². The van der Waals surface area contributed by atoms with E-state index in [0.717, 1.165) is 24.8 Å². The van der Waals surface area contributed by atoms with Crippen LogP contribution in [0.1, 0.15) is 86.0 Å². The molecule has 5 aliphatic rings. The molecular weight excluding hydrogens is 512 g/mol. The molecule has 0 aromatic rings. The Hall–Kier alpha value is -1.48. The van der Waals surface area contributed by atoms with Gasteiger partial charge in [0.1, 0.15) is 5.41 Å². The molecule has 0 amide bonds. The van der Waals surface area contributed by atoms with Crippen LogP contribution in [0.4, 0.5) is 0 Å². The summed E-state index contributed by atoms with van der Waals surface area (Å²) >= 11 is 0. The average Bonchev–Trinajstić information content (AvgIpc) is 2.91. The van der Waals surface area contributed by atoms with E-state index in [4.69, 9.17) is 9.47 Å². The summed E-state index contributed by atoms with van der Waals surface area (Å²) in [6.07, 6.45) is 4.86. The molecule has 4 fully saturated rings. The van der Waals surface area contributed by atoms with E-state index in [2.05, 4.69) is 33.8 Å². The third kappa shape index (κ3) is 3.34. The zero-order valence-corrected chi connectivity index (χ0v) is 25.3. The molecule has 0 aromatic carbocycles. The summed E-state index contributed by atoms with van der Waals surface area (Å²) in [6, 6.07) is 0. The lowest BCUT2D eigenvalue weighted by molar-refractivity contribution is -0.254. The maximum absolute atomic E-state index is 13.5. The molecule has 0 radical (unpaired) electrons. The van der Waals surface area contributed by atoms with Crippen molar-refractivity contribution in [3.05, 3.63) is 11.6 Å². The van der Waals surface area contributed by atoms with Gasteiger partial charge < -0.3 is 29.9 Å². The van der Waals surface area contributed by atoms with E-state index in [1.807, 2.05) is 6.92 Å². The normalized spacial score (nSPS) is 53.6. The fraction of sp³-hybridized carbons (Fsp3) is 0.875. The number of aliphatic hydroxyl groups is 4. The quantitative estimate of drug-likeness (QED) is 0.304. The van der Waals surface area contributed by atoms with E-state index in [9.17, 15) is 30.0 Å². The van der Waals surface area contributed by atoms with Crippen LogP contribution >= 0.6 is 0 Å². The predicted octanol–water partition coefficient (Wildman–Crippen LogP) is 3.39. The maximum Gasteiger partial charge on any atom is 0.317 e. The third-order valence-corrected chi connectivity index (χ3v) is 13.9. The van der Waals surface area contributed by atoms with Crippen LogP contribution in [0.5, 0.6) is 0 Å². The number of aliphatic hydroxyl groups excluding tert-OH is 3. The molecule has 5 aliphatic carbocycles. The molecule has 0 aromatic heterocycles. The zero-order valence-electron chi connectivity index (χ0n) is 25.3. The number of fused-ring (bicyclic) bond motifs is 7. The van der Waals surface area contributed by atoms with Crippen LogP contribution in [0.15, 0.2) is 11.6 Å². The topological polar surface area (TPSA) is 134 Å². The molecule has 4 N–H and O–H groups in total. The number of carbonyl (C=O) groups excluding carboxylic acids is 2. The van der Waals surface area contributed by atoms with Gasteiger partial charge in [0.25, 0.3) is 0 Å². The first-order chi connectivity index (χ1) is 18.6. The molecule has 8 heteroatoms. The van der Waals surface area contributed by atoms with E-state index in [0.29, 0.717) is 32.1 Å². The van der Waals surface area contributed by atoms with Crippen molar-refractivity contribution in [3.8, 4) is 0 Å². The fourth-order valence-corrected chi connectivity index (χ4v) is 11.4. The Kier molecular flexibility index (Phi) is 6.94. The molecule has 5 rings (SSSR count). The summed E-state index contributed by atoms with van der Waals surface area (Å²) in [5.41, 5.74) is -3.44. The molecule has 0 unspecified atom stereocenters. The number of methoxy groups -OCH3 is 2. The van der Waals surface area contributed by atoms with Gasteiger partial charge in [0, 0.05) is 5.92 Å². The molecule has 0 spiro atoms. The minimum Gasteiger partial charge on any atom is -0.469 e. The van der Waals surface area contributed by atoms with Gasteiger partial charge >= 0.3 is 11.9 Å². The molecule has 0 bridgehead atoms. The van der Waals surface area contributed by atoms with Crippen LogP contribution in [-0.4, -0.2) is 71.0 Å². The first-order valence-electron chi connectivity index (χ1n) is 15.1. The molecular formula is C32H50O8. The lowest BCUT2D eigenvalue weighted by atomic mass is 9.32. The van der Waals surface area contributed by atoms with Crippen molar-refractivity contribution < 1.29 is 39.5 Å². The highest BCUT2D eigenvalue weighted by molar-refractivity contribution is 5.79. The molecule has 0 heterocycles. The number of ether oxygens (including phenoxy) is 2. The summed E-state index contributed by atoms with van der Waals surface area (Å²) in [5.74, 6) is -1.57. The van der Waals surface area contributed by atoms with Crippen LogP contribution in [0.2, 0.25) is 0 Å². The molecule has 0 saturated heterocycles. The second-order valence-corrected chi connectivity index (χ2v) is 14.9. The lowest BCUT2D eigenvalue weighted by Gasteiger charge is -2.72. The highest BCUT2D eigenvalue weighted by Gasteiger charge is 2.74. The van der Waals surface area contributed by atoms with Gasteiger partial charge in [-0.25, -0.2) is 0 Å². The van der Waals surface area contributed by atoms with Gasteiger partial charge in [-0.1, -0.05) is 39.3 Å². The number of hydrogen-bond donors (Lipinski definition) is 4. The summed E-state index contributed by atoms with van der Waals surface area (Å²) in [7, 11) is 2.71. The summed E-state index contributed by atoms with van der Waals surface area (Å²) in [6.45, 7) is 10.1. The number of esters is 2. The highest BCUT2D eigenvalue weighted by Crippen LogP contribution is 2.76. The average molecular weight is 563 g/mol. The van der Waals surface area contributed by atoms with E-state index in [-0.39, 0.29) is 40.5 Å². The number of rotatable bonds is 3. The Labute approximate surface area is 238 Å². The van der Waals surface area contributed by atoms with Crippen LogP contribution < -0.4 is 0 Å². The zero-order chi connectivity index (χ0) is 29.7. The Morgan fingerprint density at radius 2 is 1.60 bits per heavy atom. The lowest BCUT2D eigenvalue weighted by Crippen LogP contribution is -2.71. The van der Waals surface area contributed by atoms with Crippen LogP contribution in [0.3, 0.4) is 0 Å². The van der Waals surface area contributed by atoms with E-state index in [1.54, 1.807) is 0 Å². The largest absolute Gasteiger partial charge is 0.469 e. The Bertz CT molecular complexity index is 1100. The monoisotopic (exact) mass is 562 g/mol. The number of hydrogen-bond acceptors (Lipinski definition) is 8. The van der Waals surface area contributed by atoms with Crippen molar-refractivity contribution >= 4 is 11.9 Å². The van der Waals surface area contributed by atoms with Gasteiger partial charge in [0.15, 0.2) is 0 Å². The number of allylic oxidation sites excluding steroid dienone is 1. The van der Waals surface area contributed by atoms with Crippen molar-refractivity contribution in [2.75, 3.05) is 20.8 Å².